The van der Waals surface area contributed by atoms with Crippen molar-refractivity contribution in [2.75, 3.05) is 0 Å². The number of carbonyl (C=O) groups excluding carboxylic acids is 1. The van der Waals surface area contributed by atoms with E-state index in [2.05, 4.69) is 11.3 Å². The Morgan fingerprint density at radius 3 is 2.36 bits per heavy atom. The van der Waals surface area contributed by atoms with Crippen molar-refractivity contribution in [1.29, 1.82) is 0 Å². The van der Waals surface area contributed by atoms with E-state index in [9.17, 15) is 4.79 Å². The highest BCUT2D eigenvalue weighted by Gasteiger charge is 1.99. The number of halogens is 2. The molecule has 11 heavy (non-hydrogen) atoms. The molecular weight excluding hydrogens is 187 g/mol. The molecule has 0 N–H and O–H groups in total. The van der Waals surface area contributed by atoms with E-state index < -0.39 is 0 Å². The number of carbonyl (C=O) groups is 1. The van der Waals surface area contributed by atoms with E-state index in [1.807, 2.05) is 6.92 Å². The predicted octanol–water partition coefficient (Wildman–Crippen LogP) is 2.36. The standard InChI is InChI=1S/C7H12O2.2ClH/c1-3-5-7(4-2)9-6-8;;/h4,6-7H,2-3,5H2,1H3;2*1H. The minimum absolute atomic E-state index is 0. The second kappa shape index (κ2) is 12.5. The number of rotatable bonds is 5. The van der Waals surface area contributed by atoms with Crippen molar-refractivity contribution in [2.24, 2.45) is 0 Å². The van der Waals surface area contributed by atoms with E-state index in [-0.39, 0.29) is 30.9 Å². The van der Waals surface area contributed by atoms with E-state index in [1.165, 1.54) is 0 Å². The highest BCUT2D eigenvalue weighted by atomic mass is 35.5. The van der Waals surface area contributed by atoms with Gasteiger partial charge in [-0.15, -0.1) is 24.8 Å². The summed E-state index contributed by atoms with van der Waals surface area (Å²) in [4.78, 5) is 9.78. The summed E-state index contributed by atoms with van der Waals surface area (Å²) in [5.41, 5.74) is 0. The number of hydrogen-bond acceptors (Lipinski definition) is 2. The van der Waals surface area contributed by atoms with Crippen LogP contribution in [0, 0.1) is 0 Å². The van der Waals surface area contributed by atoms with E-state index in [0.717, 1.165) is 12.8 Å². The summed E-state index contributed by atoms with van der Waals surface area (Å²) >= 11 is 0. The molecule has 0 heterocycles. The lowest BCUT2D eigenvalue weighted by molar-refractivity contribution is -0.131. The van der Waals surface area contributed by atoms with E-state index in [0.29, 0.717) is 6.47 Å². The first-order chi connectivity index (χ1) is 4.35. The van der Waals surface area contributed by atoms with Crippen LogP contribution < -0.4 is 0 Å². The minimum atomic E-state index is -0.0903. The normalized spacial score (nSPS) is 9.91. The molecule has 1 unspecified atom stereocenters. The highest BCUT2D eigenvalue weighted by molar-refractivity contribution is 5.85. The van der Waals surface area contributed by atoms with Crippen LogP contribution in [0.1, 0.15) is 19.8 Å². The third-order valence-corrected chi connectivity index (χ3v) is 1.07. The molecule has 0 amide bonds. The van der Waals surface area contributed by atoms with Gasteiger partial charge in [0.2, 0.25) is 0 Å². The van der Waals surface area contributed by atoms with Crippen LogP contribution in [-0.2, 0) is 9.53 Å². The highest BCUT2D eigenvalue weighted by Crippen LogP contribution is 2.00. The van der Waals surface area contributed by atoms with E-state index in [1.54, 1.807) is 6.08 Å². The van der Waals surface area contributed by atoms with Crippen molar-refractivity contribution in [2.45, 2.75) is 25.9 Å². The quantitative estimate of drug-likeness (QED) is 0.504. The first kappa shape index (κ1) is 17.0. The zero-order chi connectivity index (χ0) is 7.11. The largest absolute Gasteiger partial charge is 0.460 e. The molecule has 0 aliphatic heterocycles. The molecule has 0 saturated heterocycles. The molecule has 0 saturated carbocycles. The van der Waals surface area contributed by atoms with Crippen LogP contribution in [0.25, 0.3) is 0 Å². The van der Waals surface area contributed by atoms with Gasteiger partial charge in [-0.25, -0.2) is 0 Å². The molecule has 0 rings (SSSR count). The van der Waals surface area contributed by atoms with Gasteiger partial charge in [0.05, 0.1) is 0 Å². The topological polar surface area (TPSA) is 26.3 Å². The molecule has 2 nitrogen and oxygen atoms in total. The molecule has 0 aromatic rings. The molecule has 0 radical (unpaired) electrons. The first-order valence-corrected chi connectivity index (χ1v) is 3.06. The SMILES string of the molecule is C=CC(CCC)OC=O.Cl.Cl. The molecule has 0 fully saturated rings. The summed E-state index contributed by atoms with van der Waals surface area (Å²) in [7, 11) is 0. The van der Waals surface area contributed by atoms with E-state index in [4.69, 9.17) is 0 Å². The van der Waals surface area contributed by atoms with Gasteiger partial charge in [0.25, 0.3) is 6.47 Å². The summed E-state index contributed by atoms with van der Waals surface area (Å²) in [5.74, 6) is 0. The Bertz CT molecular complexity index is 96.4. The summed E-state index contributed by atoms with van der Waals surface area (Å²) in [6, 6.07) is 0. The molecule has 4 heteroatoms. The Labute approximate surface area is 79.8 Å². The maximum Gasteiger partial charge on any atom is 0.293 e. The lowest BCUT2D eigenvalue weighted by Crippen LogP contribution is -2.06. The summed E-state index contributed by atoms with van der Waals surface area (Å²) in [5, 5.41) is 0. The van der Waals surface area contributed by atoms with Crippen molar-refractivity contribution in [3.8, 4) is 0 Å². The Kier molecular flexibility index (Phi) is 19.3. The second-order valence-electron chi connectivity index (χ2n) is 1.80. The second-order valence-corrected chi connectivity index (χ2v) is 1.80. The van der Waals surface area contributed by atoms with Crippen LogP contribution in [0.15, 0.2) is 12.7 Å². The summed E-state index contributed by atoms with van der Waals surface area (Å²) in [6.45, 7) is 6.01. The molecule has 0 spiro atoms. The Morgan fingerprint density at radius 2 is 2.09 bits per heavy atom. The molecule has 0 bridgehead atoms. The predicted molar refractivity (Wildman–Crippen MR) is 50.5 cm³/mol. The van der Waals surface area contributed by atoms with Crippen LogP contribution in [0.2, 0.25) is 0 Å². The average Bonchev–Trinajstić information content (AvgIpc) is 1.88. The molecule has 0 aromatic carbocycles. The molecular formula is C7H14Cl2O2. The summed E-state index contributed by atoms with van der Waals surface area (Å²) in [6.07, 6.45) is 3.41. The first-order valence-electron chi connectivity index (χ1n) is 3.06. The zero-order valence-corrected chi connectivity index (χ0v) is 8.12. The lowest BCUT2D eigenvalue weighted by Gasteiger charge is -2.06. The van der Waals surface area contributed by atoms with Crippen LogP contribution in [0.4, 0.5) is 0 Å². The lowest BCUT2D eigenvalue weighted by atomic mass is 10.2. The van der Waals surface area contributed by atoms with Gasteiger partial charge in [-0.3, -0.25) is 4.79 Å². The maximum atomic E-state index is 9.78. The van der Waals surface area contributed by atoms with Crippen molar-refractivity contribution < 1.29 is 9.53 Å². The number of hydrogen-bond donors (Lipinski definition) is 0. The van der Waals surface area contributed by atoms with Crippen LogP contribution >= 0.6 is 24.8 Å². The zero-order valence-electron chi connectivity index (χ0n) is 6.49. The van der Waals surface area contributed by atoms with Crippen molar-refractivity contribution >= 4 is 31.3 Å². The van der Waals surface area contributed by atoms with Gasteiger partial charge < -0.3 is 4.74 Å². The molecule has 68 valence electrons. The number of ether oxygens (including phenoxy) is 1. The fourth-order valence-corrected chi connectivity index (χ4v) is 0.597. The Hall–Kier alpha value is -0.210. The van der Waals surface area contributed by atoms with Crippen molar-refractivity contribution in [3.63, 3.8) is 0 Å². The molecule has 0 aliphatic carbocycles. The third kappa shape index (κ3) is 9.79. The Morgan fingerprint density at radius 1 is 1.55 bits per heavy atom. The van der Waals surface area contributed by atoms with Gasteiger partial charge in [0.15, 0.2) is 0 Å². The van der Waals surface area contributed by atoms with Crippen LogP contribution in [0.3, 0.4) is 0 Å². The van der Waals surface area contributed by atoms with Gasteiger partial charge in [-0.05, 0) is 6.42 Å². The van der Waals surface area contributed by atoms with Crippen LogP contribution in [-0.4, -0.2) is 12.6 Å². The molecule has 0 aromatic heterocycles. The van der Waals surface area contributed by atoms with Crippen molar-refractivity contribution in [3.05, 3.63) is 12.7 Å². The smallest absolute Gasteiger partial charge is 0.293 e. The van der Waals surface area contributed by atoms with Gasteiger partial charge in [-0.2, -0.15) is 0 Å². The average molecular weight is 201 g/mol. The molecule has 0 aliphatic rings. The van der Waals surface area contributed by atoms with Gasteiger partial charge in [-0.1, -0.05) is 26.0 Å². The fraction of sp³-hybridized carbons (Fsp3) is 0.571. The summed E-state index contributed by atoms with van der Waals surface area (Å²) < 4.78 is 4.63. The van der Waals surface area contributed by atoms with Gasteiger partial charge in [0.1, 0.15) is 6.10 Å². The molecule has 1 atom stereocenters. The van der Waals surface area contributed by atoms with Gasteiger partial charge in [0, 0.05) is 0 Å². The van der Waals surface area contributed by atoms with Crippen molar-refractivity contribution in [1.82, 2.24) is 0 Å². The van der Waals surface area contributed by atoms with Crippen LogP contribution in [0.5, 0.6) is 0 Å². The minimum Gasteiger partial charge on any atom is -0.460 e. The maximum absolute atomic E-state index is 9.78. The monoisotopic (exact) mass is 200 g/mol. The third-order valence-electron chi connectivity index (χ3n) is 1.07. The van der Waals surface area contributed by atoms with E-state index >= 15 is 0 Å². The fourth-order valence-electron chi connectivity index (χ4n) is 0.597. The Balaban J connectivity index is -0.000000320. The van der Waals surface area contributed by atoms with Gasteiger partial charge >= 0.3 is 0 Å².